The van der Waals surface area contributed by atoms with E-state index in [1.165, 1.54) is 18.4 Å². The third-order valence-corrected chi connectivity index (χ3v) is 3.44. The molecule has 0 saturated heterocycles. The lowest BCUT2D eigenvalue weighted by atomic mass is 10.2. The number of hydrogen-bond donors (Lipinski definition) is 1. The van der Waals surface area contributed by atoms with E-state index in [4.69, 9.17) is 9.47 Å². The van der Waals surface area contributed by atoms with Crippen LogP contribution >= 0.6 is 0 Å². The van der Waals surface area contributed by atoms with E-state index < -0.39 is 0 Å². The maximum atomic E-state index is 5.42. The van der Waals surface area contributed by atoms with Crippen molar-refractivity contribution in [1.29, 1.82) is 0 Å². The summed E-state index contributed by atoms with van der Waals surface area (Å²) < 4.78 is 10.6. The van der Waals surface area contributed by atoms with Gasteiger partial charge in [0.2, 0.25) is 0 Å². The van der Waals surface area contributed by atoms with Gasteiger partial charge in [-0.2, -0.15) is 0 Å². The van der Waals surface area contributed by atoms with E-state index in [9.17, 15) is 0 Å². The van der Waals surface area contributed by atoms with Crippen molar-refractivity contribution in [2.24, 2.45) is 0 Å². The maximum absolute atomic E-state index is 5.42. The monoisotopic (exact) mass is 264 g/mol. The Morgan fingerprint density at radius 3 is 2.68 bits per heavy atom. The number of ether oxygens (including phenoxy) is 2. The van der Waals surface area contributed by atoms with E-state index in [0.717, 1.165) is 37.2 Å². The topological polar surface area (TPSA) is 33.7 Å². The SMILES string of the molecule is COc1ccc(CN(C)CCNC2CC2)c(OC)c1. The van der Waals surface area contributed by atoms with Crippen LogP contribution in [0.2, 0.25) is 0 Å². The number of benzene rings is 1. The van der Waals surface area contributed by atoms with E-state index in [2.05, 4.69) is 23.3 Å². The molecule has 0 radical (unpaired) electrons. The minimum absolute atomic E-state index is 0.781. The first-order chi connectivity index (χ1) is 9.22. The molecule has 0 atom stereocenters. The van der Waals surface area contributed by atoms with E-state index in [-0.39, 0.29) is 0 Å². The minimum Gasteiger partial charge on any atom is -0.497 e. The van der Waals surface area contributed by atoms with Gasteiger partial charge in [-0.3, -0.25) is 0 Å². The maximum Gasteiger partial charge on any atom is 0.127 e. The summed E-state index contributed by atoms with van der Waals surface area (Å²) in [5.41, 5.74) is 1.19. The van der Waals surface area contributed by atoms with Gasteiger partial charge in [0.15, 0.2) is 0 Å². The number of nitrogens with zero attached hydrogens (tertiary/aromatic N) is 1. The van der Waals surface area contributed by atoms with Crippen LogP contribution in [0.4, 0.5) is 0 Å². The fraction of sp³-hybridized carbons (Fsp3) is 0.600. The molecule has 1 fully saturated rings. The molecule has 1 aliphatic rings. The lowest BCUT2D eigenvalue weighted by Gasteiger charge is -2.19. The first-order valence-corrected chi connectivity index (χ1v) is 6.85. The predicted molar refractivity (Wildman–Crippen MR) is 76.9 cm³/mol. The Morgan fingerprint density at radius 2 is 2.05 bits per heavy atom. The second kappa shape index (κ2) is 6.78. The Labute approximate surface area is 115 Å². The second-order valence-electron chi connectivity index (χ2n) is 5.14. The highest BCUT2D eigenvalue weighted by molar-refractivity contribution is 5.40. The van der Waals surface area contributed by atoms with E-state index in [1.807, 2.05) is 12.1 Å². The first-order valence-electron chi connectivity index (χ1n) is 6.85. The lowest BCUT2D eigenvalue weighted by molar-refractivity contribution is 0.314. The first kappa shape index (κ1) is 14.2. The molecule has 0 spiro atoms. The molecule has 1 aromatic rings. The van der Waals surface area contributed by atoms with Gasteiger partial charge in [0.25, 0.3) is 0 Å². The van der Waals surface area contributed by atoms with Gasteiger partial charge < -0.3 is 19.7 Å². The zero-order valence-electron chi connectivity index (χ0n) is 12.1. The lowest BCUT2D eigenvalue weighted by Crippen LogP contribution is -2.30. The van der Waals surface area contributed by atoms with Gasteiger partial charge >= 0.3 is 0 Å². The number of hydrogen-bond acceptors (Lipinski definition) is 4. The van der Waals surface area contributed by atoms with E-state index in [1.54, 1.807) is 14.2 Å². The van der Waals surface area contributed by atoms with Crippen molar-refractivity contribution in [2.45, 2.75) is 25.4 Å². The third-order valence-electron chi connectivity index (χ3n) is 3.44. The fourth-order valence-corrected chi connectivity index (χ4v) is 2.10. The number of rotatable bonds is 8. The molecule has 0 amide bonds. The average Bonchev–Trinajstić information content (AvgIpc) is 3.23. The molecule has 0 aliphatic heterocycles. The Balaban J connectivity index is 1.85. The van der Waals surface area contributed by atoms with Gasteiger partial charge in [-0.25, -0.2) is 0 Å². The molecule has 1 aromatic carbocycles. The Bertz CT molecular complexity index is 405. The molecule has 1 saturated carbocycles. The molecule has 19 heavy (non-hydrogen) atoms. The molecule has 1 aliphatic carbocycles. The molecule has 0 aromatic heterocycles. The van der Waals surface area contributed by atoms with Gasteiger partial charge in [-0.05, 0) is 26.0 Å². The molecule has 0 heterocycles. The molecule has 4 nitrogen and oxygen atoms in total. The summed E-state index contributed by atoms with van der Waals surface area (Å²) in [5.74, 6) is 1.72. The van der Waals surface area contributed by atoms with Crippen LogP contribution < -0.4 is 14.8 Å². The van der Waals surface area contributed by atoms with Crippen LogP contribution in [0.1, 0.15) is 18.4 Å². The van der Waals surface area contributed by atoms with Crippen LogP contribution in [0.15, 0.2) is 18.2 Å². The van der Waals surface area contributed by atoms with Crippen molar-refractivity contribution in [1.82, 2.24) is 10.2 Å². The number of likely N-dealkylation sites (N-methyl/N-ethyl adjacent to an activating group) is 1. The Morgan fingerprint density at radius 1 is 1.26 bits per heavy atom. The quantitative estimate of drug-likeness (QED) is 0.777. The van der Waals surface area contributed by atoms with E-state index in [0.29, 0.717) is 0 Å². The largest absolute Gasteiger partial charge is 0.497 e. The normalized spacial score (nSPS) is 14.7. The molecule has 0 unspecified atom stereocenters. The Kier molecular flexibility index (Phi) is 5.05. The standard InChI is InChI=1S/C15H24N2O2/c1-17(9-8-16-13-5-6-13)11-12-4-7-14(18-2)10-15(12)19-3/h4,7,10,13,16H,5-6,8-9,11H2,1-3H3. The summed E-state index contributed by atoms with van der Waals surface area (Å²) in [6.07, 6.45) is 2.69. The van der Waals surface area contributed by atoms with Crippen molar-refractivity contribution in [3.05, 3.63) is 23.8 Å². The van der Waals surface area contributed by atoms with Crippen molar-refractivity contribution < 1.29 is 9.47 Å². The zero-order chi connectivity index (χ0) is 13.7. The van der Waals surface area contributed by atoms with Crippen LogP contribution in [-0.2, 0) is 6.54 Å². The highest BCUT2D eigenvalue weighted by atomic mass is 16.5. The highest BCUT2D eigenvalue weighted by Gasteiger charge is 2.19. The van der Waals surface area contributed by atoms with Gasteiger partial charge in [-0.15, -0.1) is 0 Å². The molecule has 4 heteroatoms. The van der Waals surface area contributed by atoms with Crippen LogP contribution in [-0.4, -0.2) is 45.3 Å². The van der Waals surface area contributed by atoms with Crippen LogP contribution in [0, 0.1) is 0 Å². The summed E-state index contributed by atoms with van der Waals surface area (Å²) in [5, 5.41) is 3.53. The van der Waals surface area contributed by atoms with Gasteiger partial charge in [0, 0.05) is 37.3 Å². The predicted octanol–water partition coefficient (Wildman–Crippen LogP) is 1.89. The van der Waals surface area contributed by atoms with Crippen molar-refractivity contribution >= 4 is 0 Å². The molecule has 2 rings (SSSR count). The van der Waals surface area contributed by atoms with Gasteiger partial charge in [0.1, 0.15) is 11.5 Å². The smallest absolute Gasteiger partial charge is 0.127 e. The highest BCUT2D eigenvalue weighted by Crippen LogP contribution is 2.25. The average molecular weight is 264 g/mol. The van der Waals surface area contributed by atoms with Crippen molar-refractivity contribution in [2.75, 3.05) is 34.4 Å². The van der Waals surface area contributed by atoms with Crippen molar-refractivity contribution in [3.63, 3.8) is 0 Å². The van der Waals surface area contributed by atoms with E-state index >= 15 is 0 Å². The third kappa shape index (κ3) is 4.40. The van der Waals surface area contributed by atoms with Crippen LogP contribution in [0.25, 0.3) is 0 Å². The number of nitrogens with one attached hydrogen (secondary N) is 1. The second-order valence-corrected chi connectivity index (χ2v) is 5.14. The van der Waals surface area contributed by atoms with Gasteiger partial charge in [0.05, 0.1) is 14.2 Å². The molecule has 0 bridgehead atoms. The zero-order valence-corrected chi connectivity index (χ0v) is 12.1. The minimum atomic E-state index is 0.781. The Hall–Kier alpha value is -1.26. The van der Waals surface area contributed by atoms with Gasteiger partial charge in [-0.1, -0.05) is 6.07 Å². The van der Waals surface area contributed by atoms with Crippen molar-refractivity contribution in [3.8, 4) is 11.5 Å². The summed E-state index contributed by atoms with van der Waals surface area (Å²) in [4.78, 5) is 2.31. The number of methoxy groups -OCH3 is 2. The molecule has 1 N–H and O–H groups in total. The molecular weight excluding hydrogens is 240 g/mol. The van der Waals surface area contributed by atoms with Crippen LogP contribution in [0.5, 0.6) is 11.5 Å². The fourth-order valence-electron chi connectivity index (χ4n) is 2.10. The summed E-state index contributed by atoms with van der Waals surface area (Å²) >= 11 is 0. The molecular formula is C15H24N2O2. The summed E-state index contributed by atoms with van der Waals surface area (Å²) in [6, 6.07) is 6.77. The summed E-state index contributed by atoms with van der Waals surface area (Å²) in [7, 11) is 5.51. The van der Waals surface area contributed by atoms with Crippen LogP contribution in [0.3, 0.4) is 0 Å². The molecule has 106 valence electrons. The summed E-state index contributed by atoms with van der Waals surface area (Å²) in [6.45, 7) is 2.99.